The molecule has 0 saturated carbocycles. The van der Waals surface area contributed by atoms with E-state index in [1.807, 2.05) is 13.8 Å². The predicted octanol–water partition coefficient (Wildman–Crippen LogP) is 3.03. The number of benzene rings is 1. The van der Waals surface area contributed by atoms with Crippen molar-refractivity contribution in [1.82, 2.24) is 4.98 Å². The molecule has 1 amide bonds. The number of pyridine rings is 1. The van der Waals surface area contributed by atoms with Crippen LogP contribution < -0.4 is 10.6 Å². The van der Waals surface area contributed by atoms with Crippen molar-refractivity contribution in [2.24, 2.45) is 0 Å². The predicted molar refractivity (Wildman–Crippen MR) is 81.8 cm³/mol. The number of carbonyl (C=O) groups is 1. The van der Waals surface area contributed by atoms with E-state index in [4.69, 9.17) is 5.73 Å². The smallest absolute Gasteiger partial charge is 0.258 e. The molecule has 1 aromatic carbocycles. The Morgan fingerprint density at radius 1 is 1.24 bits per heavy atom. The van der Waals surface area contributed by atoms with E-state index in [2.05, 4.69) is 4.98 Å². The van der Waals surface area contributed by atoms with Crippen molar-refractivity contribution in [3.8, 4) is 0 Å². The van der Waals surface area contributed by atoms with E-state index >= 15 is 0 Å². The number of hydrogen-bond donors (Lipinski definition) is 1. The number of nitrogens with zero attached hydrogens (tertiary/aromatic N) is 2. The quantitative estimate of drug-likeness (QED) is 0.940. The third kappa shape index (κ3) is 3.37. The van der Waals surface area contributed by atoms with Crippen LogP contribution in [0.2, 0.25) is 0 Å². The Morgan fingerprint density at radius 2 is 1.90 bits per heavy atom. The number of aromatic nitrogens is 1. The molecule has 0 fully saturated rings. The van der Waals surface area contributed by atoms with Gasteiger partial charge in [0.05, 0.1) is 0 Å². The van der Waals surface area contributed by atoms with E-state index in [9.17, 15) is 9.18 Å². The van der Waals surface area contributed by atoms with Crippen molar-refractivity contribution >= 4 is 17.4 Å². The van der Waals surface area contributed by atoms with Crippen molar-refractivity contribution in [3.63, 3.8) is 0 Å². The Kier molecular flexibility index (Phi) is 4.52. The zero-order valence-corrected chi connectivity index (χ0v) is 12.1. The van der Waals surface area contributed by atoms with Crippen LogP contribution >= 0.6 is 0 Å². The number of nitrogen functional groups attached to an aromatic ring is 1. The van der Waals surface area contributed by atoms with Gasteiger partial charge in [-0.1, -0.05) is 6.92 Å². The highest BCUT2D eigenvalue weighted by Gasteiger charge is 2.17. The molecule has 0 bridgehead atoms. The van der Waals surface area contributed by atoms with E-state index in [1.54, 1.807) is 29.2 Å². The van der Waals surface area contributed by atoms with Crippen LogP contribution in [0.1, 0.15) is 29.9 Å². The van der Waals surface area contributed by atoms with Crippen LogP contribution in [0.4, 0.5) is 15.9 Å². The summed E-state index contributed by atoms with van der Waals surface area (Å²) < 4.78 is 13.0. The summed E-state index contributed by atoms with van der Waals surface area (Å²) >= 11 is 0. The Bertz CT molecular complexity index is 640. The maximum absolute atomic E-state index is 13.0. The molecular formula is C16H18FN3O. The first-order valence-corrected chi connectivity index (χ1v) is 6.89. The van der Waals surface area contributed by atoms with Crippen LogP contribution in [0, 0.1) is 5.82 Å². The summed E-state index contributed by atoms with van der Waals surface area (Å²) in [6.07, 6.45) is 0.702. The number of halogens is 1. The number of anilines is 2. The number of nitrogens with two attached hydrogens (primary N) is 1. The molecule has 0 spiro atoms. The summed E-state index contributed by atoms with van der Waals surface area (Å²) in [4.78, 5) is 18.4. The van der Waals surface area contributed by atoms with Crippen LogP contribution in [-0.2, 0) is 6.42 Å². The number of carbonyl (C=O) groups excluding carboxylic acids is 1. The van der Waals surface area contributed by atoms with E-state index in [1.165, 1.54) is 12.1 Å². The largest absolute Gasteiger partial charge is 0.384 e. The van der Waals surface area contributed by atoms with Gasteiger partial charge in [-0.3, -0.25) is 4.79 Å². The van der Waals surface area contributed by atoms with Gasteiger partial charge in [-0.2, -0.15) is 0 Å². The fourth-order valence-corrected chi connectivity index (χ4v) is 2.14. The van der Waals surface area contributed by atoms with E-state index in [-0.39, 0.29) is 11.7 Å². The second-order valence-electron chi connectivity index (χ2n) is 4.65. The first-order chi connectivity index (χ1) is 10.0. The standard InChI is InChI=1S/C16H18FN3O/c1-3-13-9-11(10-15(18)19-13)16(21)20(4-2)14-7-5-12(17)6-8-14/h5-10H,3-4H2,1-2H3,(H2,18,19). The third-order valence-corrected chi connectivity index (χ3v) is 3.21. The highest BCUT2D eigenvalue weighted by Crippen LogP contribution is 2.19. The van der Waals surface area contributed by atoms with Crippen LogP contribution in [-0.4, -0.2) is 17.4 Å². The minimum absolute atomic E-state index is 0.173. The van der Waals surface area contributed by atoms with Gasteiger partial charge in [0.25, 0.3) is 5.91 Å². The summed E-state index contributed by atoms with van der Waals surface area (Å²) in [6, 6.07) is 9.15. The maximum Gasteiger partial charge on any atom is 0.258 e. The Labute approximate surface area is 123 Å². The normalized spacial score (nSPS) is 10.4. The molecule has 2 rings (SSSR count). The van der Waals surface area contributed by atoms with Crippen molar-refractivity contribution < 1.29 is 9.18 Å². The first kappa shape index (κ1) is 15.0. The van der Waals surface area contributed by atoms with Gasteiger partial charge in [0.2, 0.25) is 0 Å². The minimum Gasteiger partial charge on any atom is -0.384 e. The lowest BCUT2D eigenvalue weighted by Gasteiger charge is -2.21. The maximum atomic E-state index is 13.0. The molecule has 5 heteroatoms. The SMILES string of the molecule is CCc1cc(C(=O)N(CC)c2ccc(F)cc2)cc(N)n1. The molecule has 2 aromatic rings. The van der Waals surface area contributed by atoms with Gasteiger partial charge in [0.15, 0.2) is 0 Å². The molecule has 0 radical (unpaired) electrons. The Hall–Kier alpha value is -2.43. The van der Waals surface area contributed by atoms with Gasteiger partial charge in [0, 0.05) is 23.5 Å². The van der Waals surface area contributed by atoms with Gasteiger partial charge < -0.3 is 10.6 Å². The molecule has 4 nitrogen and oxygen atoms in total. The van der Waals surface area contributed by atoms with Gasteiger partial charge in [-0.05, 0) is 49.7 Å². The average molecular weight is 287 g/mol. The van der Waals surface area contributed by atoms with Crippen LogP contribution in [0.15, 0.2) is 36.4 Å². The topological polar surface area (TPSA) is 59.2 Å². The zero-order valence-electron chi connectivity index (χ0n) is 12.1. The van der Waals surface area contributed by atoms with Crippen molar-refractivity contribution in [2.75, 3.05) is 17.2 Å². The van der Waals surface area contributed by atoms with Gasteiger partial charge >= 0.3 is 0 Å². The van der Waals surface area contributed by atoms with Crippen molar-refractivity contribution in [3.05, 3.63) is 53.5 Å². The van der Waals surface area contributed by atoms with E-state index in [0.29, 0.717) is 30.0 Å². The number of rotatable bonds is 4. The number of hydrogen-bond acceptors (Lipinski definition) is 3. The third-order valence-electron chi connectivity index (χ3n) is 3.21. The molecule has 1 heterocycles. The highest BCUT2D eigenvalue weighted by atomic mass is 19.1. The molecule has 0 aliphatic rings. The highest BCUT2D eigenvalue weighted by molar-refractivity contribution is 6.06. The van der Waals surface area contributed by atoms with Gasteiger partial charge in [-0.15, -0.1) is 0 Å². The molecule has 1 aromatic heterocycles. The summed E-state index contributed by atoms with van der Waals surface area (Å²) in [6.45, 7) is 4.30. The summed E-state index contributed by atoms with van der Waals surface area (Å²) in [5, 5.41) is 0. The molecule has 0 saturated heterocycles. The lowest BCUT2D eigenvalue weighted by molar-refractivity contribution is 0.0988. The monoisotopic (exact) mass is 287 g/mol. The molecule has 110 valence electrons. The zero-order chi connectivity index (χ0) is 15.4. The van der Waals surface area contributed by atoms with E-state index < -0.39 is 0 Å². The molecule has 0 aliphatic heterocycles. The number of aryl methyl sites for hydroxylation is 1. The minimum atomic E-state index is -0.330. The fraction of sp³-hybridized carbons (Fsp3) is 0.250. The average Bonchev–Trinajstić information content (AvgIpc) is 2.49. The molecule has 0 atom stereocenters. The summed E-state index contributed by atoms with van der Waals surface area (Å²) in [5.41, 5.74) is 7.65. The van der Waals surface area contributed by atoms with Crippen molar-refractivity contribution in [2.45, 2.75) is 20.3 Å². The second-order valence-corrected chi connectivity index (χ2v) is 4.65. The lowest BCUT2D eigenvalue weighted by atomic mass is 10.1. The Morgan fingerprint density at radius 3 is 2.48 bits per heavy atom. The molecular weight excluding hydrogens is 269 g/mol. The van der Waals surface area contributed by atoms with E-state index in [0.717, 1.165) is 5.69 Å². The van der Waals surface area contributed by atoms with Gasteiger partial charge in [-0.25, -0.2) is 9.37 Å². The summed E-state index contributed by atoms with van der Waals surface area (Å²) in [7, 11) is 0. The van der Waals surface area contributed by atoms with Crippen LogP contribution in [0.25, 0.3) is 0 Å². The molecule has 21 heavy (non-hydrogen) atoms. The second kappa shape index (κ2) is 6.35. The van der Waals surface area contributed by atoms with Crippen LogP contribution in [0.5, 0.6) is 0 Å². The molecule has 2 N–H and O–H groups in total. The molecule has 0 aliphatic carbocycles. The molecule has 0 unspecified atom stereocenters. The fourth-order valence-electron chi connectivity index (χ4n) is 2.14. The van der Waals surface area contributed by atoms with Crippen molar-refractivity contribution in [1.29, 1.82) is 0 Å². The number of amides is 1. The first-order valence-electron chi connectivity index (χ1n) is 6.89. The van der Waals surface area contributed by atoms with Gasteiger partial charge in [0.1, 0.15) is 11.6 Å². The summed E-state index contributed by atoms with van der Waals surface area (Å²) in [5.74, 6) is -0.176. The van der Waals surface area contributed by atoms with Crippen LogP contribution in [0.3, 0.4) is 0 Å². The Balaban J connectivity index is 2.36. The lowest BCUT2D eigenvalue weighted by Crippen LogP contribution is -2.30.